The number of nitrogens with two attached hydrogens (primary N) is 1. The van der Waals surface area contributed by atoms with Crippen LogP contribution in [0.4, 0.5) is 20.3 Å². The summed E-state index contributed by atoms with van der Waals surface area (Å²) in [5, 5.41) is 9.86. The zero-order valence-electron chi connectivity index (χ0n) is 21.6. The summed E-state index contributed by atoms with van der Waals surface area (Å²) in [6.07, 6.45) is 6.86. The van der Waals surface area contributed by atoms with Crippen LogP contribution in [0, 0.1) is 0 Å². The summed E-state index contributed by atoms with van der Waals surface area (Å²) in [7, 11) is -3.11. The second kappa shape index (κ2) is 10.4. The molecule has 1 fully saturated rings. The van der Waals surface area contributed by atoms with E-state index in [-0.39, 0.29) is 29.4 Å². The van der Waals surface area contributed by atoms with E-state index in [1.165, 1.54) is 6.07 Å². The Morgan fingerprint density at radius 2 is 1.92 bits per heavy atom. The third-order valence-corrected chi connectivity index (χ3v) is 7.45. The average Bonchev–Trinajstić information content (AvgIpc) is 3.52. The molecule has 208 valence electrons. The van der Waals surface area contributed by atoms with Gasteiger partial charge in [-0.15, -0.1) is 0 Å². The lowest BCUT2D eigenvalue weighted by Gasteiger charge is -2.22. The Bertz CT molecular complexity index is 1610. The molecule has 1 aliphatic heterocycles. The van der Waals surface area contributed by atoms with E-state index < -0.39 is 15.8 Å². The van der Waals surface area contributed by atoms with Crippen molar-refractivity contribution in [1.82, 2.24) is 24.5 Å². The lowest BCUT2D eigenvalue weighted by molar-refractivity contribution is 0.0662. The molecule has 39 heavy (non-hydrogen) atoms. The third kappa shape index (κ3) is 5.26. The second-order valence-corrected chi connectivity index (χ2v) is 11.2. The summed E-state index contributed by atoms with van der Waals surface area (Å²) in [6.45, 7) is 4.87. The molecular weight excluding hydrogens is 532 g/mol. The Morgan fingerprint density at radius 3 is 2.62 bits per heavy atom. The van der Waals surface area contributed by atoms with Crippen molar-refractivity contribution in [2.45, 2.75) is 44.6 Å². The Kier molecular flexibility index (Phi) is 7.16. The molecule has 1 saturated heterocycles. The highest BCUT2D eigenvalue weighted by molar-refractivity contribution is 7.93. The first-order chi connectivity index (χ1) is 18.5. The highest BCUT2D eigenvalue weighted by Crippen LogP contribution is 2.39. The summed E-state index contributed by atoms with van der Waals surface area (Å²) < 4.78 is 66.4. The maximum atomic E-state index is 13.0. The number of ether oxygens (including phenoxy) is 2. The van der Waals surface area contributed by atoms with Crippen molar-refractivity contribution in [3.63, 3.8) is 0 Å². The summed E-state index contributed by atoms with van der Waals surface area (Å²) in [4.78, 5) is 4.42. The van der Waals surface area contributed by atoms with Crippen LogP contribution in [0.2, 0.25) is 0 Å². The molecule has 1 aromatic carbocycles. The number of nitrogens with one attached hydrogen (secondary N) is 1. The number of halogens is 2. The minimum atomic E-state index is -4.89. The highest BCUT2D eigenvalue weighted by atomic mass is 32.2. The number of hydrogen-bond acceptors (Lipinski definition) is 8. The fourth-order valence-corrected chi connectivity index (χ4v) is 5.24. The van der Waals surface area contributed by atoms with E-state index in [0.717, 1.165) is 29.5 Å². The number of aryl methyl sites for hydroxylation is 1. The van der Waals surface area contributed by atoms with E-state index in [9.17, 15) is 17.2 Å². The molecular formula is C25H29F2N7O4S. The van der Waals surface area contributed by atoms with Crippen molar-refractivity contribution in [2.24, 2.45) is 7.05 Å². The normalized spacial score (nSPS) is 14.9. The zero-order chi connectivity index (χ0) is 27.9. The highest BCUT2D eigenvalue weighted by Gasteiger charge is 2.26. The molecule has 0 aliphatic carbocycles. The Balaban J connectivity index is 1.59. The monoisotopic (exact) mass is 561 g/mol. The van der Waals surface area contributed by atoms with Gasteiger partial charge in [0.15, 0.2) is 0 Å². The molecule has 0 radical (unpaired) electrons. The number of nitrogen functional groups attached to an aromatic ring is 1. The molecule has 1 aliphatic rings. The topological polar surface area (TPSA) is 139 Å². The number of pyridine rings is 1. The number of nitrogens with zero attached hydrogens (tertiary/aromatic N) is 5. The van der Waals surface area contributed by atoms with Gasteiger partial charge in [0.2, 0.25) is 0 Å². The van der Waals surface area contributed by atoms with Crippen molar-refractivity contribution in [3.05, 3.63) is 36.8 Å². The van der Waals surface area contributed by atoms with Crippen LogP contribution < -0.4 is 15.2 Å². The van der Waals surface area contributed by atoms with Crippen LogP contribution in [-0.2, 0) is 21.8 Å². The number of fused-ring (bicyclic) bond motifs is 1. The largest absolute Gasteiger partial charge is 0.489 e. The molecule has 4 heterocycles. The molecule has 3 N–H and O–H groups in total. The second-order valence-electron chi connectivity index (χ2n) is 9.59. The van der Waals surface area contributed by atoms with Gasteiger partial charge < -0.3 is 15.2 Å². The van der Waals surface area contributed by atoms with Crippen molar-refractivity contribution < 1.29 is 26.7 Å². The summed E-state index contributed by atoms with van der Waals surface area (Å²) >= 11 is 0. The van der Waals surface area contributed by atoms with Gasteiger partial charge in [-0.25, -0.2) is 13.4 Å². The van der Waals surface area contributed by atoms with Crippen LogP contribution in [0.5, 0.6) is 5.75 Å². The van der Waals surface area contributed by atoms with Crippen molar-refractivity contribution >= 4 is 32.4 Å². The van der Waals surface area contributed by atoms with E-state index in [2.05, 4.69) is 10.1 Å². The molecule has 0 spiro atoms. The molecule has 4 aromatic rings. The number of aromatic nitrogens is 5. The van der Waals surface area contributed by atoms with Gasteiger partial charge in [0.25, 0.3) is 10.0 Å². The molecule has 5 rings (SSSR count). The number of hydrogen-bond donors (Lipinski definition) is 2. The Labute approximate surface area is 224 Å². The van der Waals surface area contributed by atoms with E-state index in [1.807, 2.05) is 15.6 Å². The smallest absolute Gasteiger partial charge is 0.355 e. The molecule has 14 heteroatoms. The van der Waals surface area contributed by atoms with Crippen LogP contribution in [0.1, 0.15) is 32.7 Å². The van der Waals surface area contributed by atoms with Crippen LogP contribution in [0.15, 0.2) is 36.8 Å². The van der Waals surface area contributed by atoms with Crippen LogP contribution >= 0.6 is 0 Å². The zero-order valence-corrected chi connectivity index (χ0v) is 22.5. The quantitative estimate of drug-likeness (QED) is 0.327. The predicted octanol–water partition coefficient (Wildman–Crippen LogP) is 4.18. The van der Waals surface area contributed by atoms with Gasteiger partial charge in [-0.2, -0.15) is 19.0 Å². The molecule has 11 nitrogen and oxygen atoms in total. The number of anilines is 2. The van der Waals surface area contributed by atoms with Crippen LogP contribution in [0.25, 0.3) is 33.3 Å². The molecule has 0 bridgehead atoms. The van der Waals surface area contributed by atoms with Crippen LogP contribution in [0.3, 0.4) is 0 Å². The van der Waals surface area contributed by atoms with Gasteiger partial charge in [0.1, 0.15) is 17.3 Å². The SMILES string of the molecule is CC(C)Oc1cc(-c2nn(C)c3c(-c4cnn(C5CCOCC5)c4)cnc(N)c23)ccc1NS(=O)(=O)C(F)F. The summed E-state index contributed by atoms with van der Waals surface area (Å²) in [5.74, 6) is -3.27. The van der Waals surface area contributed by atoms with Crippen molar-refractivity contribution in [3.8, 4) is 28.1 Å². The van der Waals surface area contributed by atoms with Gasteiger partial charge in [-0.05, 0) is 38.8 Å². The molecule has 0 saturated carbocycles. The van der Waals surface area contributed by atoms with E-state index in [0.29, 0.717) is 29.9 Å². The molecule has 0 amide bonds. The predicted molar refractivity (Wildman–Crippen MR) is 143 cm³/mol. The molecule has 0 atom stereocenters. The van der Waals surface area contributed by atoms with E-state index in [4.69, 9.17) is 20.3 Å². The van der Waals surface area contributed by atoms with Crippen molar-refractivity contribution in [1.29, 1.82) is 0 Å². The Morgan fingerprint density at radius 1 is 1.18 bits per heavy atom. The van der Waals surface area contributed by atoms with Gasteiger partial charge in [0.05, 0.1) is 34.9 Å². The van der Waals surface area contributed by atoms with Gasteiger partial charge in [0, 0.05) is 49.3 Å². The molecule has 3 aromatic heterocycles. The minimum Gasteiger partial charge on any atom is -0.489 e. The number of alkyl halides is 2. The number of rotatable bonds is 8. The van der Waals surface area contributed by atoms with Gasteiger partial charge in [-0.3, -0.25) is 14.1 Å². The average molecular weight is 562 g/mol. The van der Waals surface area contributed by atoms with Gasteiger partial charge in [-0.1, -0.05) is 6.07 Å². The maximum Gasteiger partial charge on any atom is 0.355 e. The fourth-order valence-electron chi connectivity index (χ4n) is 4.68. The summed E-state index contributed by atoms with van der Waals surface area (Å²) in [6, 6.07) is 4.72. The maximum absolute atomic E-state index is 13.0. The number of benzene rings is 1. The lowest BCUT2D eigenvalue weighted by atomic mass is 10.0. The Hall–Kier alpha value is -3.78. The molecule has 0 unspecified atom stereocenters. The third-order valence-electron chi connectivity index (χ3n) is 6.47. The number of sulfonamides is 1. The first kappa shape index (κ1) is 26.8. The van der Waals surface area contributed by atoms with Crippen molar-refractivity contribution in [2.75, 3.05) is 23.7 Å². The van der Waals surface area contributed by atoms with E-state index >= 15 is 0 Å². The standard InChI is InChI=1S/C25H29F2N7O4S/c1-14(2)38-20-10-15(4-5-19(20)32-39(35,36)25(26)27)22-21-23(33(3)31-22)18(12-29-24(21)28)16-11-30-34(13-16)17-6-8-37-9-7-17/h4-5,10-14,17,25,32H,6-9H2,1-3H3,(H2,28,29). The minimum absolute atomic E-state index is 0.0750. The lowest BCUT2D eigenvalue weighted by Crippen LogP contribution is -2.21. The van der Waals surface area contributed by atoms with Crippen LogP contribution in [-0.4, -0.2) is 58.0 Å². The van der Waals surface area contributed by atoms with Gasteiger partial charge >= 0.3 is 5.76 Å². The van der Waals surface area contributed by atoms with E-state index in [1.54, 1.807) is 50.1 Å². The summed E-state index contributed by atoms with van der Waals surface area (Å²) in [5.41, 5.74) is 9.63. The fraction of sp³-hybridized carbons (Fsp3) is 0.400. The first-order valence-corrected chi connectivity index (χ1v) is 13.9. The first-order valence-electron chi connectivity index (χ1n) is 12.4.